The molecule has 3 aromatic rings. The van der Waals surface area contributed by atoms with Gasteiger partial charge in [-0.15, -0.1) is 0 Å². The maximum atomic E-state index is 12.7. The first kappa shape index (κ1) is 21.8. The molecular formula is C23H24Cl2N4O2. The van der Waals surface area contributed by atoms with E-state index in [1.54, 1.807) is 18.2 Å². The van der Waals surface area contributed by atoms with Crippen molar-refractivity contribution in [1.29, 1.82) is 0 Å². The predicted molar refractivity (Wildman–Crippen MR) is 121 cm³/mol. The molecule has 162 valence electrons. The number of aryl methyl sites for hydroxylation is 1. The number of hydrogen-bond acceptors (Lipinski definition) is 5. The first-order valence-corrected chi connectivity index (χ1v) is 11.1. The van der Waals surface area contributed by atoms with Crippen LogP contribution in [0, 0.1) is 12.8 Å². The largest absolute Gasteiger partial charge is 0.352 e. The second kappa shape index (κ2) is 9.81. The maximum absolute atomic E-state index is 12.7. The third-order valence-corrected chi connectivity index (χ3v) is 5.97. The topological polar surface area (TPSA) is 71.3 Å². The number of rotatable bonds is 6. The van der Waals surface area contributed by atoms with Crippen molar-refractivity contribution in [2.75, 3.05) is 13.1 Å². The molecule has 0 saturated carbocycles. The van der Waals surface area contributed by atoms with E-state index in [1.165, 1.54) is 5.56 Å². The van der Waals surface area contributed by atoms with Crippen molar-refractivity contribution in [3.63, 3.8) is 0 Å². The van der Waals surface area contributed by atoms with Crippen molar-refractivity contribution >= 4 is 29.1 Å². The van der Waals surface area contributed by atoms with Crippen LogP contribution < -0.4 is 5.32 Å². The van der Waals surface area contributed by atoms with Gasteiger partial charge in [0.05, 0.1) is 17.5 Å². The molecule has 1 unspecified atom stereocenters. The summed E-state index contributed by atoms with van der Waals surface area (Å²) in [4.78, 5) is 19.3. The standard InChI is InChI=1S/C23H24Cl2N4O2/c1-15-4-2-5-16(10-15)12-26-23(30)17-6-3-9-29(13-17)14-21-27-22(28-31-21)19-8-7-18(24)11-20(19)25/h2,4-5,7-8,10-11,17H,3,6,9,12-14H2,1H3,(H,26,30). The fourth-order valence-corrected chi connectivity index (χ4v) is 4.35. The summed E-state index contributed by atoms with van der Waals surface area (Å²) in [6.07, 6.45) is 1.83. The lowest BCUT2D eigenvalue weighted by atomic mass is 9.97. The number of amides is 1. The summed E-state index contributed by atoms with van der Waals surface area (Å²) >= 11 is 12.2. The molecular weight excluding hydrogens is 435 g/mol. The first-order chi connectivity index (χ1) is 15.0. The number of nitrogens with one attached hydrogen (secondary N) is 1. The first-order valence-electron chi connectivity index (χ1n) is 10.3. The van der Waals surface area contributed by atoms with Crippen LogP contribution in [0.3, 0.4) is 0 Å². The Hall–Kier alpha value is -2.41. The van der Waals surface area contributed by atoms with Crippen molar-refractivity contribution in [3.8, 4) is 11.4 Å². The van der Waals surface area contributed by atoms with Crippen molar-refractivity contribution in [3.05, 3.63) is 69.5 Å². The van der Waals surface area contributed by atoms with Crippen LogP contribution in [-0.4, -0.2) is 34.0 Å². The summed E-state index contributed by atoms with van der Waals surface area (Å²) in [6.45, 7) is 4.65. The molecule has 0 aliphatic carbocycles. The minimum absolute atomic E-state index is 0.0494. The Morgan fingerprint density at radius 2 is 2.13 bits per heavy atom. The molecule has 1 atom stereocenters. The van der Waals surface area contributed by atoms with E-state index in [9.17, 15) is 4.79 Å². The monoisotopic (exact) mass is 458 g/mol. The average molecular weight is 459 g/mol. The van der Waals surface area contributed by atoms with Crippen LogP contribution in [0.5, 0.6) is 0 Å². The molecule has 1 N–H and O–H groups in total. The summed E-state index contributed by atoms with van der Waals surface area (Å²) < 4.78 is 5.42. The van der Waals surface area contributed by atoms with Crippen molar-refractivity contribution in [1.82, 2.24) is 20.4 Å². The van der Waals surface area contributed by atoms with E-state index in [0.717, 1.165) is 24.9 Å². The number of carbonyl (C=O) groups excluding carboxylic acids is 1. The quantitative estimate of drug-likeness (QED) is 0.569. The fraction of sp³-hybridized carbons (Fsp3) is 0.348. The van der Waals surface area contributed by atoms with Crippen LogP contribution in [0.2, 0.25) is 10.0 Å². The molecule has 0 bridgehead atoms. The molecule has 1 fully saturated rings. The molecule has 4 rings (SSSR count). The molecule has 1 amide bonds. The molecule has 2 aromatic carbocycles. The van der Waals surface area contributed by atoms with Crippen molar-refractivity contribution in [2.45, 2.75) is 32.9 Å². The predicted octanol–water partition coefficient (Wildman–Crippen LogP) is 4.88. The Morgan fingerprint density at radius 1 is 1.26 bits per heavy atom. The Bertz CT molecular complexity index is 1070. The number of piperidine rings is 1. The Balaban J connectivity index is 1.33. The van der Waals surface area contributed by atoms with E-state index in [4.69, 9.17) is 27.7 Å². The smallest absolute Gasteiger partial charge is 0.241 e. The van der Waals surface area contributed by atoms with Crippen molar-refractivity contribution < 1.29 is 9.32 Å². The second-order valence-corrected chi connectivity index (χ2v) is 8.76. The number of nitrogens with zero attached hydrogens (tertiary/aromatic N) is 3. The minimum Gasteiger partial charge on any atom is -0.352 e. The van der Waals surface area contributed by atoms with E-state index in [2.05, 4.69) is 26.4 Å². The lowest BCUT2D eigenvalue weighted by Crippen LogP contribution is -2.42. The van der Waals surface area contributed by atoms with Gasteiger partial charge in [0.1, 0.15) is 0 Å². The molecule has 2 heterocycles. The number of likely N-dealkylation sites (tertiary alicyclic amines) is 1. The third-order valence-electron chi connectivity index (χ3n) is 5.42. The molecule has 1 aliphatic rings. The van der Waals surface area contributed by atoms with Crippen molar-refractivity contribution in [2.24, 2.45) is 5.92 Å². The Kier molecular flexibility index (Phi) is 6.90. The zero-order valence-corrected chi connectivity index (χ0v) is 18.8. The van der Waals surface area contributed by atoms with Gasteiger partial charge in [0, 0.05) is 23.7 Å². The van der Waals surface area contributed by atoms with Gasteiger partial charge in [-0.1, -0.05) is 58.2 Å². The highest BCUT2D eigenvalue weighted by atomic mass is 35.5. The molecule has 6 nitrogen and oxygen atoms in total. The highest BCUT2D eigenvalue weighted by Crippen LogP contribution is 2.28. The number of aromatic nitrogens is 2. The van der Waals surface area contributed by atoms with E-state index >= 15 is 0 Å². The summed E-state index contributed by atoms with van der Waals surface area (Å²) in [7, 11) is 0. The lowest BCUT2D eigenvalue weighted by molar-refractivity contribution is -0.127. The van der Waals surface area contributed by atoms with Gasteiger partial charge in [-0.05, 0) is 50.1 Å². The van der Waals surface area contributed by atoms with E-state index in [-0.39, 0.29) is 11.8 Å². The van der Waals surface area contributed by atoms with E-state index in [1.807, 2.05) is 25.1 Å². The van der Waals surface area contributed by atoms with Crippen LogP contribution in [0.25, 0.3) is 11.4 Å². The van der Waals surface area contributed by atoms with Crippen LogP contribution >= 0.6 is 23.2 Å². The molecule has 1 aliphatic heterocycles. The van der Waals surface area contributed by atoms with E-state index in [0.29, 0.717) is 47.0 Å². The lowest BCUT2D eigenvalue weighted by Gasteiger charge is -2.30. The van der Waals surface area contributed by atoms with Gasteiger partial charge in [-0.25, -0.2) is 0 Å². The number of benzene rings is 2. The van der Waals surface area contributed by atoms with Gasteiger partial charge in [0.2, 0.25) is 17.6 Å². The fourth-order valence-electron chi connectivity index (χ4n) is 3.86. The van der Waals surface area contributed by atoms with E-state index < -0.39 is 0 Å². The molecule has 0 spiro atoms. The Labute approximate surface area is 191 Å². The van der Waals surface area contributed by atoms with Gasteiger partial charge >= 0.3 is 0 Å². The zero-order valence-electron chi connectivity index (χ0n) is 17.3. The van der Waals surface area contributed by atoms with Gasteiger partial charge in [-0.3, -0.25) is 9.69 Å². The summed E-state index contributed by atoms with van der Waals surface area (Å²) in [5.41, 5.74) is 2.97. The van der Waals surface area contributed by atoms with Crippen LogP contribution in [-0.2, 0) is 17.9 Å². The molecule has 1 aromatic heterocycles. The summed E-state index contributed by atoms with van der Waals surface area (Å²) in [5, 5.41) is 8.15. The number of hydrogen-bond donors (Lipinski definition) is 1. The summed E-state index contributed by atoms with van der Waals surface area (Å²) in [5.74, 6) is 0.972. The van der Waals surface area contributed by atoms with Crippen LogP contribution in [0.4, 0.5) is 0 Å². The third kappa shape index (κ3) is 5.64. The highest BCUT2D eigenvalue weighted by molar-refractivity contribution is 6.36. The highest BCUT2D eigenvalue weighted by Gasteiger charge is 2.27. The summed E-state index contributed by atoms with van der Waals surface area (Å²) in [6, 6.07) is 13.3. The molecule has 0 radical (unpaired) electrons. The van der Waals surface area contributed by atoms with Gasteiger partial charge < -0.3 is 9.84 Å². The number of halogens is 2. The van der Waals surface area contributed by atoms with Gasteiger partial charge in [0.15, 0.2) is 0 Å². The molecule has 31 heavy (non-hydrogen) atoms. The van der Waals surface area contributed by atoms with Gasteiger partial charge in [0.25, 0.3) is 0 Å². The second-order valence-electron chi connectivity index (χ2n) is 7.92. The van der Waals surface area contributed by atoms with Crippen LogP contribution in [0.15, 0.2) is 47.0 Å². The van der Waals surface area contributed by atoms with Gasteiger partial charge in [-0.2, -0.15) is 4.98 Å². The average Bonchev–Trinajstić information content (AvgIpc) is 3.20. The minimum atomic E-state index is -0.0494. The number of carbonyl (C=O) groups is 1. The normalized spacial score (nSPS) is 16.9. The Morgan fingerprint density at radius 3 is 2.94 bits per heavy atom. The zero-order chi connectivity index (χ0) is 21.8. The maximum Gasteiger partial charge on any atom is 0.241 e. The molecule has 1 saturated heterocycles. The van der Waals surface area contributed by atoms with Crippen LogP contribution in [0.1, 0.15) is 29.9 Å². The molecule has 8 heteroatoms. The SMILES string of the molecule is Cc1cccc(CNC(=O)C2CCCN(Cc3nc(-c4ccc(Cl)cc4Cl)no3)C2)c1.